The van der Waals surface area contributed by atoms with Crippen LogP contribution in [-0.2, 0) is 16.0 Å². The first-order valence-electron chi connectivity index (χ1n) is 9.30. The van der Waals surface area contributed by atoms with Gasteiger partial charge in [0.15, 0.2) is 4.34 Å². The number of aromatic nitrogens is 2. The van der Waals surface area contributed by atoms with Crippen LogP contribution in [0.5, 0.6) is 0 Å². The molecule has 29 heavy (non-hydrogen) atoms. The molecule has 2 heterocycles. The molecule has 0 radical (unpaired) electrons. The number of nitrogens with one attached hydrogen (secondary N) is 3. The van der Waals surface area contributed by atoms with Gasteiger partial charge in [-0.05, 0) is 30.2 Å². The van der Waals surface area contributed by atoms with Gasteiger partial charge in [0.1, 0.15) is 0 Å². The molecule has 0 aliphatic heterocycles. The Hall–Kier alpha value is -2.84. The summed E-state index contributed by atoms with van der Waals surface area (Å²) in [5, 5.41) is 1.01. The van der Waals surface area contributed by atoms with E-state index >= 15 is 0 Å². The number of aromatic amines is 1. The van der Waals surface area contributed by atoms with E-state index in [4.69, 9.17) is 0 Å². The third-order valence-electron chi connectivity index (χ3n) is 4.42. The minimum absolute atomic E-state index is 0.192. The number of amides is 2. The first-order chi connectivity index (χ1) is 14.2. The van der Waals surface area contributed by atoms with Crippen molar-refractivity contribution in [3.8, 4) is 0 Å². The highest BCUT2D eigenvalue weighted by molar-refractivity contribution is 8.01. The molecule has 0 aliphatic carbocycles. The average molecular weight is 425 g/mol. The van der Waals surface area contributed by atoms with Crippen LogP contribution in [0, 0.1) is 0 Å². The summed E-state index contributed by atoms with van der Waals surface area (Å²) < 4.78 is 2.18. The summed E-state index contributed by atoms with van der Waals surface area (Å²) in [6.45, 7) is 0. The summed E-state index contributed by atoms with van der Waals surface area (Å²) in [6, 6.07) is 15.9. The number of H-pyrrole nitrogens is 1. The summed E-state index contributed by atoms with van der Waals surface area (Å²) in [6.07, 6.45) is 3.10. The summed E-state index contributed by atoms with van der Waals surface area (Å²) in [4.78, 5) is 31.8. The van der Waals surface area contributed by atoms with Gasteiger partial charge in [-0.15, -0.1) is 11.3 Å². The predicted molar refractivity (Wildman–Crippen MR) is 118 cm³/mol. The zero-order chi connectivity index (χ0) is 20.1. The number of hydrazine groups is 1. The van der Waals surface area contributed by atoms with Crippen molar-refractivity contribution in [3.05, 3.63) is 60.3 Å². The molecule has 0 atom stereocenters. The third-order valence-corrected chi connectivity index (χ3v) is 6.68. The lowest BCUT2D eigenvalue weighted by atomic mass is 10.1. The summed E-state index contributed by atoms with van der Waals surface area (Å²) >= 11 is 3.32. The van der Waals surface area contributed by atoms with Crippen LogP contribution in [0.1, 0.15) is 18.4 Å². The Morgan fingerprint density at radius 3 is 2.72 bits per heavy atom. The largest absolute Gasteiger partial charge is 0.361 e. The van der Waals surface area contributed by atoms with Gasteiger partial charge in [-0.1, -0.05) is 42.1 Å². The number of para-hydroxylation sites is 2. The number of carbonyl (C=O) groups is 2. The third kappa shape index (κ3) is 4.96. The zero-order valence-electron chi connectivity index (χ0n) is 15.6. The molecule has 2 aromatic heterocycles. The van der Waals surface area contributed by atoms with Gasteiger partial charge in [0.25, 0.3) is 0 Å². The van der Waals surface area contributed by atoms with Crippen molar-refractivity contribution in [2.45, 2.75) is 23.6 Å². The van der Waals surface area contributed by atoms with Gasteiger partial charge in [0.2, 0.25) is 11.8 Å². The number of carbonyl (C=O) groups excluding carboxylic acids is 2. The molecule has 0 bridgehead atoms. The van der Waals surface area contributed by atoms with Gasteiger partial charge in [0.05, 0.1) is 16.6 Å². The predicted octanol–water partition coefficient (Wildman–Crippen LogP) is 4.04. The molecule has 4 rings (SSSR count). The Morgan fingerprint density at radius 1 is 1.03 bits per heavy atom. The van der Waals surface area contributed by atoms with Crippen molar-refractivity contribution in [2.75, 3.05) is 5.75 Å². The maximum absolute atomic E-state index is 12.1. The van der Waals surface area contributed by atoms with Gasteiger partial charge in [-0.3, -0.25) is 20.4 Å². The summed E-state index contributed by atoms with van der Waals surface area (Å²) in [7, 11) is 0. The van der Waals surface area contributed by atoms with Crippen LogP contribution in [0.2, 0.25) is 0 Å². The lowest BCUT2D eigenvalue weighted by Gasteiger charge is -2.07. The number of rotatable bonds is 7. The molecule has 0 saturated carbocycles. The lowest BCUT2D eigenvalue weighted by Crippen LogP contribution is -2.42. The number of thioether (sulfide) groups is 1. The van der Waals surface area contributed by atoms with Gasteiger partial charge >= 0.3 is 0 Å². The number of fused-ring (bicyclic) bond motifs is 2. The molecule has 0 fully saturated rings. The van der Waals surface area contributed by atoms with E-state index in [-0.39, 0.29) is 18.2 Å². The van der Waals surface area contributed by atoms with Crippen LogP contribution in [-0.4, -0.2) is 27.5 Å². The van der Waals surface area contributed by atoms with Gasteiger partial charge < -0.3 is 4.98 Å². The molecule has 0 unspecified atom stereocenters. The van der Waals surface area contributed by atoms with Gasteiger partial charge in [-0.25, -0.2) is 4.98 Å². The molecule has 6 nitrogen and oxygen atoms in total. The Bertz CT molecular complexity index is 1120. The second kappa shape index (κ2) is 9.11. The van der Waals surface area contributed by atoms with E-state index in [0.717, 1.165) is 32.1 Å². The molecule has 0 saturated heterocycles. The molecule has 3 N–H and O–H groups in total. The summed E-state index contributed by atoms with van der Waals surface area (Å²) in [5.41, 5.74) is 7.89. The topological polar surface area (TPSA) is 86.9 Å². The highest BCUT2D eigenvalue weighted by Crippen LogP contribution is 2.29. The van der Waals surface area contributed by atoms with E-state index in [1.54, 1.807) is 23.1 Å². The van der Waals surface area contributed by atoms with Crippen molar-refractivity contribution in [1.82, 2.24) is 20.8 Å². The fourth-order valence-electron chi connectivity index (χ4n) is 3.00. The average Bonchev–Trinajstić information content (AvgIpc) is 3.33. The molecule has 2 amide bonds. The van der Waals surface area contributed by atoms with E-state index in [9.17, 15) is 9.59 Å². The standard InChI is InChI=1S/C21H20N4O2S2/c26-19(10-5-11-28-21-23-17-8-3-4-9-18(17)29-21)24-25-20(27)12-14-13-22-16-7-2-1-6-15(14)16/h1-4,6-9,13,22H,5,10-12H2,(H,24,26)(H,25,27). The van der Waals surface area contributed by atoms with E-state index < -0.39 is 0 Å². The first-order valence-corrected chi connectivity index (χ1v) is 11.1. The van der Waals surface area contributed by atoms with Crippen molar-refractivity contribution in [1.29, 1.82) is 0 Å². The molecule has 2 aromatic carbocycles. The zero-order valence-corrected chi connectivity index (χ0v) is 17.2. The minimum Gasteiger partial charge on any atom is -0.361 e. The Balaban J connectivity index is 1.16. The van der Waals surface area contributed by atoms with Crippen LogP contribution < -0.4 is 10.9 Å². The molecular weight excluding hydrogens is 404 g/mol. The van der Waals surface area contributed by atoms with Crippen LogP contribution in [0.3, 0.4) is 0 Å². The Kier molecular flexibility index (Phi) is 6.12. The molecule has 4 aromatic rings. The Morgan fingerprint density at radius 2 is 1.83 bits per heavy atom. The van der Waals surface area contributed by atoms with Crippen molar-refractivity contribution in [3.63, 3.8) is 0 Å². The molecule has 148 valence electrons. The summed E-state index contributed by atoms with van der Waals surface area (Å²) in [5.74, 6) is 0.366. The second-order valence-corrected chi connectivity index (χ2v) is 8.90. The SMILES string of the molecule is O=C(CCCSc1nc2ccccc2s1)NNC(=O)Cc1c[nH]c2ccccc12. The monoisotopic (exact) mass is 424 g/mol. The van der Waals surface area contributed by atoms with Gasteiger partial charge in [-0.2, -0.15) is 0 Å². The maximum atomic E-state index is 12.1. The van der Waals surface area contributed by atoms with Crippen LogP contribution in [0.25, 0.3) is 21.1 Å². The van der Waals surface area contributed by atoms with E-state index in [0.29, 0.717) is 12.8 Å². The number of hydrogen-bond acceptors (Lipinski definition) is 5. The lowest BCUT2D eigenvalue weighted by molar-refractivity contribution is -0.128. The fourth-order valence-corrected chi connectivity index (χ4v) is 5.08. The number of thiazole rings is 1. The smallest absolute Gasteiger partial charge is 0.242 e. The van der Waals surface area contributed by atoms with E-state index in [1.165, 1.54) is 4.70 Å². The molecule has 8 heteroatoms. The highest BCUT2D eigenvalue weighted by atomic mass is 32.2. The fraction of sp³-hybridized carbons (Fsp3) is 0.190. The van der Waals surface area contributed by atoms with Gasteiger partial charge in [0, 0.05) is 29.3 Å². The highest BCUT2D eigenvalue weighted by Gasteiger charge is 2.10. The molecule has 0 spiro atoms. The molecule has 0 aliphatic rings. The first kappa shape index (κ1) is 19.5. The maximum Gasteiger partial charge on any atom is 0.242 e. The normalized spacial score (nSPS) is 11.0. The van der Waals surface area contributed by atoms with Crippen LogP contribution in [0.4, 0.5) is 0 Å². The van der Waals surface area contributed by atoms with Crippen molar-refractivity contribution < 1.29 is 9.59 Å². The Labute approximate surface area is 176 Å². The number of nitrogens with zero attached hydrogens (tertiary/aromatic N) is 1. The second-order valence-electron chi connectivity index (χ2n) is 6.53. The van der Waals surface area contributed by atoms with E-state index in [1.807, 2.05) is 48.7 Å². The number of hydrogen-bond donors (Lipinski definition) is 3. The number of benzene rings is 2. The quantitative estimate of drug-likeness (QED) is 0.237. The van der Waals surface area contributed by atoms with E-state index in [2.05, 4.69) is 26.9 Å². The minimum atomic E-state index is -0.244. The van der Waals surface area contributed by atoms with Crippen molar-refractivity contribution >= 4 is 56.0 Å². The van der Waals surface area contributed by atoms with Crippen molar-refractivity contribution in [2.24, 2.45) is 0 Å². The molecular formula is C21H20N4O2S2. The van der Waals surface area contributed by atoms with Crippen LogP contribution in [0.15, 0.2) is 59.1 Å². The van der Waals surface area contributed by atoms with Crippen LogP contribution >= 0.6 is 23.1 Å².